The molecule has 0 N–H and O–H groups in total. The topological polar surface area (TPSA) is 51.7 Å². The predicted molar refractivity (Wildman–Crippen MR) is 91.8 cm³/mol. The summed E-state index contributed by atoms with van der Waals surface area (Å²) in [4.78, 5) is 18.9. The normalized spacial score (nSPS) is 13.2. The molecule has 2 aromatic carbocycles. The molecule has 24 heavy (non-hydrogen) atoms. The zero-order chi connectivity index (χ0) is 16.7. The average molecular weight is 320 g/mol. The Morgan fingerprint density at radius 1 is 1.04 bits per heavy atom. The lowest BCUT2D eigenvalue weighted by Gasteiger charge is -2.17. The number of aromatic nitrogens is 1. The molecule has 0 fully saturated rings. The number of amides is 1. The minimum atomic E-state index is -0.0221. The smallest absolute Gasteiger partial charge is 0.259 e. The van der Waals surface area contributed by atoms with E-state index in [1.165, 1.54) is 0 Å². The van der Waals surface area contributed by atoms with Gasteiger partial charge in [-0.25, -0.2) is 0 Å². The third-order valence-corrected chi connectivity index (χ3v) is 4.34. The Hall–Kier alpha value is -3.08. The van der Waals surface area contributed by atoms with E-state index >= 15 is 0 Å². The van der Waals surface area contributed by atoms with E-state index in [9.17, 15) is 4.79 Å². The summed E-state index contributed by atoms with van der Waals surface area (Å²) in [7, 11) is 3.23. The van der Waals surface area contributed by atoms with E-state index < -0.39 is 0 Å². The molecule has 0 bridgehead atoms. The Balaban J connectivity index is 1.77. The van der Waals surface area contributed by atoms with Crippen LogP contribution in [0, 0.1) is 0 Å². The first-order valence-electron chi connectivity index (χ1n) is 7.63. The van der Waals surface area contributed by atoms with Crippen LogP contribution >= 0.6 is 0 Å². The Morgan fingerprint density at radius 2 is 1.92 bits per heavy atom. The number of rotatable bonds is 3. The number of anilines is 1. The van der Waals surface area contributed by atoms with Gasteiger partial charge in [0, 0.05) is 22.8 Å². The molecule has 5 heteroatoms. The molecule has 4 rings (SSSR count). The van der Waals surface area contributed by atoms with E-state index in [0.29, 0.717) is 17.9 Å². The lowest BCUT2D eigenvalue weighted by atomic mass is 10.1. The van der Waals surface area contributed by atoms with E-state index in [2.05, 4.69) is 4.98 Å². The molecule has 1 aliphatic rings. The fourth-order valence-corrected chi connectivity index (χ4v) is 3.07. The summed E-state index contributed by atoms with van der Waals surface area (Å²) in [5, 5.41) is 0.888. The summed E-state index contributed by atoms with van der Waals surface area (Å²) >= 11 is 0. The van der Waals surface area contributed by atoms with Crippen LogP contribution in [0.2, 0.25) is 0 Å². The second-order valence-electron chi connectivity index (χ2n) is 5.63. The zero-order valence-corrected chi connectivity index (χ0v) is 13.4. The van der Waals surface area contributed by atoms with Crippen molar-refractivity contribution in [3.05, 3.63) is 59.8 Å². The molecule has 2 heterocycles. The van der Waals surface area contributed by atoms with E-state index in [0.717, 1.165) is 27.9 Å². The lowest BCUT2D eigenvalue weighted by Crippen LogP contribution is -2.22. The number of pyridine rings is 1. The van der Waals surface area contributed by atoms with Gasteiger partial charge in [-0.2, -0.15) is 0 Å². The fraction of sp³-hybridized carbons (Fsp3) is 0.158. The van der Waals surface area contributed by atoms with Crippen molar-refractivity contribution in [1.82, 2.24) is 4.98 Å². The third-order valence-electron chi connectivity index (χ3n) is 4.34. The Labute approximate surface area is 139 Å². The first-order chi connectivity index (χ1) is 11.7. The maximum Gasteiger partial charge on any atom is 0.259 e. The molecule has 0 unspecified atom stereocenters. The lowest BCUT2D eigenvalue weighted by molar-refractivity contribution is 0.0996. The summed E-state index contributed by atoms with van der Waals surface area (Å²) in [5.74, 6) is 1.41. The fourth-order valence-electron chi connectivity index (χ4n) is 3.07. The molecule has 1 aliphatic heterocycles. The third kappa shape index (κ3) is 2.17. The Morgan fingerprint density at radius 3 is 2.71 bits per heavy atom. The number of benzene rings is 2. The van der Waals surface area contributed by atoms with E-state index in [1.54, 1.807) is 31.4 Å². The first-order valence-corrected chi connectivity index (χ1v) is 7.63. The number of nitrogens with zero attached hydrogens (tertiary/aromatic N) is 2. The first kappa shape index (κ1) is 14.5. The largest absolute Gasteiger partial charge is 0.497 e. The molecule has 5 nitrogen and oxygen atoms in total. The highest BCUT2D eigenvalue weighted by atomic mass is 16.5. The zero-order valence-electron chi connectivity index (χ0n) is 13.4. The van der Waals surface area contributed by atoms with E-state index in [-0.39, 0.29) is 5.91 Å². The Bertz CT molecular complexity index is 952. The van der Waals surface area contributed by atoms with Gasteiger partial charge in [0.15, 0.2) is 0 Å². The summed E-state index contributed by atoms with van der Waals surface area (Å²) < 4.78 is 10.6. The number of hydrogen-bond donors (Lipinski definition) is 0. The summed E-state index contributed by atoms with van der Waals surface area (Å²) in [6.45, 7) is 0.548. The van der Waals surface area contributed by atoms with Gasteiger partial charge in [0.25, 0.3) is 5.91 Å². The van der Waals surface area contributed by atoms with Gasteiger partial charge < -0.3 is 14.4 Å². The van der Waals surface area contributed by atoms with Crippen molar-refractivity contribution in [3.63, 3.8) is 0 Å². The molecule has 0 saturated heterocycles. The maximum absolute atomic E-state index is 12.8. The summed E-state index contributed by atoms with van der Waals surface area (Å²) in [6, 6.07) is 13.2. The van der Waals surface area contributed by atoms with Crippen molar-refractivity contribution in [1.29, 1.82) is 0 Å². The van der Waals surface area contributed by atoms with Crippen LogP contribution in [0.15, 0.2) is 48.7 Å². The van der Waals surface area contributed by atoms with Gasteiger partial charge in [-0.05, 0) is 42.0 Å². The highest BCUT2D eigenvalue weighted by Gasteiger charge is 2.29. The van der Waals surface area contributed by atoms with Gasteiger partial charge in [-0.3, -0.25) is 9.78 Å². The molecule has 0 radical (unpaired) electrons. The quantitative estimate of drug-likeness (QED) is 0.742. The number of fused-ring (bicyclic) bond motifs is 2. The molecule has 0 aliphatic carbocycles. The van der Waals surface area contributed by atoms with Crippen molar-refractivity contribution >= 4 is 22.5 Å². The molecule has 0 saturated carbocycles. The standard InChI is InChI=1S/C19H16N2O3/c1-23-14-5-3-12-11-21(19(22)15(12)10-14)13-4-6-17-16(9-13)18(24-2)7-8-20-17/h3-10H,11H2,1-2H3. The SMILES string of the molecule is COc1ccc2c(c1)C(=O)N(c1ccc3nccc(OC)c3c1)C2. The monoisotopic (exact) mass is 320 g/mol. The molecular weight excluding hydrogens is 304 g/mol. The van der Waals surface area contributed by atoms with Crippen LogP contribution in [-0.4, -0.2) is 25.1 Å². The Kier molecular flexibility index (Phi) is 3.34. The molecule has 0 spiro atoms. The van der Waals surface area contributed by atoms with Gasteiger partial charge >= 0.3 is 0 Å². The number of carbonyl (C=O) groups excluding carboxylic acids is 1. The molecule has 120 valence electrons. The van der Waals surface area contributed by atoms with Crippen LogP contribution in [-0.2, 0) is 6.54 Å². The van der Waals surface area contributed by atoms with Crippen molar-refractivity contribution in [2.75, 3.05) is 19.1 Å². The van der Waals surface area contributed by atoms with Crippen molar-refractivity contribution in [2.45, 2.75) is 6.54 Å². The van der Waals surface area contributed by atoms with Gasteiger partial charge in [0.05, 0.1) is 26.3 Å². The van der Waals surface area contributed by atoms with Crippen molar-refractivity contribution in [2.24, 2.45) is 0 Å². The second kappa shape index (κ2) is 5.53. The van der Waals surface area contributed by atoms with Gasteiger partial charge in [0.1, 0.15) is 11.5 Å². The number of ether oxygens (including phenoxy) is 2. The summed E-state index contributed by atoms with van der Waals surface area (Å²) in [6.07, 6.45) is 1.71. The second-order valence-corrected chi connectivity index (χ2v) is 5.63. The van der Waals surface area contributed by atoms with Crippen LogP contribution < -0.4 is 14.4 Å². The van der Waals surface area contributed by atoms with Crippen LogP contribution in [0.25, 0.3) is 10.9 Å². The highest BCUT2D eigenvalue weighted by Crippen LogP contribution is 2.34. The molecule has 1 aromatic heterocycles. The van der Waals surface area contributed by atoms with Gasteiger partial charge in [-0.1, -0.05) is 6.07 Å². The van der Waals surface area contributed by atoms with Crippen LogP contribution in [0.4, 0.5) is 5.69 Å². The highest BCUT2D eigenvalue weighted by molar-refractivity contribution is 6.11. The molecule has 0 atom stereocenters. The van der Waals surface area contributed by atoms with Crippen molar-refractivity contribution in [3.8, 4) is 11.5 Å². The number of methoxy groups -OCH3 is 2. The van der Waals surface area contributed by atoms with Crippen molar-refractivity contribution < 1.29 is 14.3 Å². The average Bonchev–Trinajstić information content (AvgIpc) is 2.96. The predicted octanol–water partition coefficient (Wildman–Crippen LogP) is 3.41. The van der Waals surface area contributed by atoms with Crippen LogP contribution in [0.5, 0.6) is 11.5 Å². The molecular formula is C19H16N2O3. The van der Waals surface area contributed by atoms with Crippen LogP contribution in [0.1, 0.15) is 15.9 Å². The minimum Gasteiger partial charge on any atom is -0.497 e. The van der Waals surface area contributed by atoms with Gasteiger partial charge in [0.2, 0.25) is 0 Å². The molecule has 1 amide bonds. The summed E-state index contributed by atoms with van der Waals surface area (Å²) in [5.41, 5.74) is 3.35. The van der Waals surface area contributed by atoms with Crippen LogP contribution in [0.3, 0.4) is 0 Å². The minimum absolute atomic E-state index is 0.0221. The van der Waals surface area contributed by atoms with E-state index in [1.807, 2.05) is 36.4 Å². The number of hydrogen-bond acceptors (Lipinski definition) is 4. The van der Waals surface area contributed by atoms with E-state index in [4.69, 9.17) is 9.47 Å². The number of carbonyl (C=O) groups is 1. The van der Waals surface area contributed by atoms with Gasteiger partial charge in [-0.15, -0.1) is 0 Å². The maximum atomic E-state index is 12.8. The molecule has 3 aromatic rings.